The second-order valence-corrected chi connectivity index (χ2v) is 4.80. The highest BCUT2D eigenvalue weighted by atomic mass is 35.5. The van der Waals surface area contributed by atoms with E-state index in [0.29, 0.717) is 17.3 Å². The molecule has 2 aromatic rings. The van der Waals surface area contributed by atoms with Crippen molar-refractivity contribution in [2.75, 3.05) is 13.1 Å². The predicted molar refractivity (Wildman–Crippen MR) is 78.9 cm³/mol. The number of amides is 2. The van der Waals surface area contributed by atoms with Crippen LogP contribution in [-0.2, 0) is 11.8 Å². The number of aromatic nitrogens is 1. The fourth-order valence-corrected chi connectivity index (χ4v) is 2.28. The second-order valence-electron chi connectivity index (χ2n) is 4.40. The summed E-state index contributed by atoms with van der Waals surface area (Å²) in [6, 6.07) is 7.23. The molecule has 1 heterocycles. The molecule has 106 valence electrons. The van der Waals surface area contributed by atoms with Crippen LogP contribution in [0.15, 0.2) is 24.3 Å². The SMILES string of the molecule is CCNC(=O)CNC(=O)c1cc2c(Cl)cccc2n1C. The highest BCUT2D eigenvalue weighted by molar-refractivity contribution is 6.35. The Hall–Kier alpha value is -2.01. The molecule has 0 aliphatic rings. The van der Waals surface area contributed by atoms with E-state index in [1.54, 1.807) is 23.7 Å². The number of benzene rings is 1. The van der Waals surface area contributed by atoms with Crippen molar-refractivity contribution < 1.29 is 9.59 Å². The number of nitrogens with one attached hydrogen (secondary N) is 2. The Morgan fingerprint density at radius 3 is 2.70 bits per heavy atom. The lowest BCUT2D eigenvalue weighted by molar-refractivity contribution is -0.120. The van der Waals surface area contributed by atoms with Gasteiger partial charge < -0.3 is 15.2 Å². The first-order valence-electron chi connectivity index (χ1n) is 6.33. The monoisotopic (exact) mass is 293 g/mol. The first-order chi connectivity index (χ1) is 9.54. The highest BCUT2D eigenvalue weighted by Crippen LogP contribution is 2.26. The van der Waals surface area contributed by atoms with E-state index in [2.05, 4.69) is 10.6 Å². The Bertz CT molecular complexity index is 664. The van der Waals surface area contributed by atoms with Crippen LogP contribution in [0.1, 0.15) is 17.4 Å². The molecule has 0 aliphatic heterocycles. The standard InChI is InChI=1S/C14H16ClN3O2/c1-3-16-13(19)8-17-14(20)12-7-9-10(15)5-4-6-11(9)18(12)2/h4-7H,3,8H2,1-2H3,(H,16,19)(H,17,20). The van der Waals surface area contributed by atoms with Crippen LogP contribution in [0.4, 0.5) is 0 Å². The maximum absolute atomic E-state index is 12.1. The number of aryl methyl sites for hydroxylation is 1. The summed E-state index contributed by atoms with van der Waals surface area (Å²) in [6.07, 6.45) is 0. The lowest BCUT2D eigenvalue weighted by Crippen LogP contribution is -2.37. The van der Waals surface area contributed by atoms with Crippen LogP contribution in [-0.4, -0.2) is 29.5 Å². The number of hydrogen-bond donors (Lipinski definition) is 2. The molecule has 0 saturated carbocycles. The minimum atomic E-state index is -0.300. The van der Waals surface area contributed by atoms with Crippen molar-refractivity contribution in [2.45, 2.75) is 6.92 Å². The van der Waals surface area contributed by atoms with Gasteiger partial charge in [-0.2, -0.15) is 0 Å². The van der Waals surface area contributed by atoms with Crippen molar-refractivity contribution in [3.63, 3.8) is 0 Å². The summed E-state index contributed by atoms with van der Waals surface area (Å²) in [7, 11) is 1.79. The molecule has 0 bridgehead atoms. The van der Waals surface area contributed by atoms with Crippen LogP contribution in [0.2, 0.25) is 5.02 Å². The van der Waals surface area contributed by atoms with Gasteiger partial charge in [0.15, 0.2) is 0 Å². The maximum Gasteiger partial charge on any atom is 0.268 e. The van der Waals surface area contributed by atoms with Crippen LogP contribution in [0.25, 0.3) is 10.9 Å². The molecule has 0 fully saturated rings. The Morgan fingerprint density at radius 1 is 1.30 bits per heavy atom. The van der Waals surface area contributed by atoms with Gasteiger partial charge in [0, 0.05) is 29.5 Å². The van der Waals surface area contributed by atoms with Gasteiger partial charge in [-0.15, -0.1) is 0 Å². The molecule has 0 saturated heterocycles. The van der Waals surface area contributed by atoms with E-state index in [1.165, 1.54) is 0 Å². The minimum Gasteiger partial charge on any atom is -0.355 e. The van der Waals surface area contributed by atoms with E-state index in [0.717, 1.165) is 10.9 Å². The summed E-state index contributed by atoms with van der Waals surface area (Å²) in [4.78, 5) is 23.4. The van der Waals surface area contributed by atoms with Crippen LogP contribution in [0, 0.1) is 0 Å². The molecule has 5 nitrogen and oxygen atoms in total. The molecule has 0 unspecified atom stereocenters. The van der Waals surface area contributed by atoms with E-state index in [-0.39, 0.29) is 18.4 Å². The highest BCUT2D eigenvalue weighted by Gasteiger charge is 2.15. The summed E-state index contributed by atoms with van der Waals surface area (Å²) in [5.74, 6) is -0.510. The molecule has 1 aromatic heterocycles. The largest absolute Gasteiger partial charge is 0.355 e. The summed E-state index contributed by atoms with van der Waals surface area (Å²) in [6.45, 7) is 2.33. The quantitative estimate of drug-likeness (QED) is 0.901. The molecular formula is C14H16ClN3O2. The Balaban J connectivity index is 2.20. The van der Waals surface area contributed by atoms with Gasteiger partial charge in [-0.1, -0.05) is 17.7 Å². The smallest absolute Gasteiger partial charge is 0.268 e. The number of likely N-dealkylation sites (N-methyl/N-ethyl adjacent to an activating group) is 1. The number of hydrogen-bond acceptors (Lipinski definition) is 2. The van der Waals surface area contributed by atoms with E-state index in [1.807, 2.05) is 19.1 Å². The van der Waals surface area contributed by atoms with Crippen LogP contribution in [0.3, 0.4) is 0 Å². The van der Waals surface area contributed by atoms with Crippen molar-refractivity contribution >= 4 is 34.3 Å². The molecule has 1 aromatic carbocycles. The van der Waals surface area contributed by atoms with Gasteiger partial charge in [-0.3, -0.25) is 9.59 Å². The van der Waals surface area contributed by atoms with Gasteiger partial charge in [-0.05, 0) is 25.1 Å². The predicted octanol–water partition coefficient (Wildman–Crippen LogP) is 1.70. The lowest BCUT2D eigenvalue weighted by Gasteiger charge is -2.06. The Morgan fingerprint density at radius 2 is 2.05 bits per heavy atom. The molecule has 0 atom stereocenters. The summed E-state index contributed by atoms with van der Waals surface area (Å²) in [5, 5.41) is 6.63. The van der Waals surface area contributed by atoms with Gasteiger partial charge in [0.25, 0.3) is 5.91 Å². The molecule has 2 amide bonds. The number of carbonyl (C=O) groups excluding carboxylic acids is 2. The first kappa shape index (κ1) is 14.4. The first-order valence-corrected chi connectivity index (χ1v) is 6.71. The van der Waals surface area contributed by atoms with Crippen LogP contribution in [0.5, 0.6) is 0 Å². The van der Waals surface area contributed by atoms with E-state index >= 15 is 0 Å². The number of nitrogens with zero attached hydrogens (tertiary/aromatic N) is 1. The summed E-state index contributed by atoms with van der Waals surface area (Å²) in [5.41, 5.74) is 1.35. The van der Waals surface area contributed by atoms with E-state index in [4.69, 9.17) is 11.6 Å². The van der Waals surface area contributed by atoms with Gasteiger partial charge in [0.2, 0.25) is 5.91 Å². The summed E-state index contributed by atoms with van der Waals surface area (Å²) < 4.78 is 1.76. The fourth-order valence-electron chi connectivity index (χ4n) is 2.05. The second kappa shape index (κ2) is 5.96. The molecule has 6 heteroatoms. The number of fused-ring (bicyclic) bond motifs is 1. The Kier molecular flexibility index (Phi) is 4.29. The van der Waals surface area contributed by atoms with Crippen molar-refractivity contribution in [3.05, 3.63) is 35.0 Å². The minimum absolute atomic E-state index is 0.0398. The fraction of sp³-hybridized carbons (Fsp3) is 0.286. The molecule has 0 aliphatic carbocycles. The summed E-state index contributed by atoms with van der Waals surface area (Å²) >= 11 is 6.11. The van der Waals surface area contributed by atoms with Crippen molar-refractivity contribution in [1.82, 2.24) is 15.2 Å². The van der Waals surface area contributed by atoms with Crippen molar-refractivity contribution in [2.24, 2.45) is 7.05 Å². The molecular weight excluding hydrogens is 278 g/mol. The zero-order valence-electron chi connectivity index (χ0n) is 11.4. The lowest BCUT2D eigenvalue weighted by atomic mass is 10.2. The van der Waals surface area contributed by atoms with Crippen molar-refractivity contribution in [1.29, 1.82) is 0 Å². The van der Waals surface area contributed by atoms with Gasteiger partial charge in [-0.25, -0.2) is 0 Å². The topological polar surface area (TPSA) is 63.1 Å². The van der Waals surface area contributed by atoms with E-state index < -0.39 is 0 Å². The third-order valence-electron chi connectivity index (χ3n) is 3.05. The molecule has 20 heavy (non-hydrogen) atoms. The third-order valence-corrected chi connectivity index (χ3v) is 3.38. The molecule has 2 rings (SSSR count). The normalized spacial score (nSPS) is 10.6. The molecule has 2 N–H and O–H groups in total. The molecule has 0 radical (unpaired) electrons. The Labute approximate surface area is 121 Å². The van der Waals surface area contributed by atoms with Gasteiger partial charge >= 0.3 is 0 Å². The van der Waals surface area contributed by atoms with Crippen molar-refractivity contribution in [3.8, 4) is 0 Å². The van der Waals surface area contributed by atoms with Gasteiger partial charge in [0.05, 0.1) is 6.54 Å². The molecule has 0 spiro atoms. The number of rotatable bonds is 4. The number of halogens is 1. The average molecular weight is 294 g/mol. The van der Waals surface area contributed by atoms with E-state index in [9.17, 15) is 9.59 Å². The zero-order valence-corrected chi connectivity index (χ0v) is 12.1. The maximum atomic E-state index is 12.1. The number of carbonyl (C=O) groups is 2. The zero-order chi connectivity index (χ0) is 14.7. The third kappa shape index (κ3) is 2.77. The van der Waals surface area contributed by atoms with Crippen LogP contribution < -0.4 is 10.6 Å². The average Bonchev–Trinajstić information content (AvgIpc) is 2.76. The van der Waals surface area contributed by atoms with Crippen LogP contribution >= 0.6 is 11.6 Å². The van der Waals surface area contributed by atoms with Gasteiger partial charge in [0.1, 0.15) is 5.69 Å².